The highest BCUT2D eigenvalue weighted by Crippen LogP contribution is 2.15. The smallest absolute Gasteiger partial charge is 0.290 e. The van der Waals surface area contributed by atoms with E-state index in [-0.39, 0.29) is 5.56 Å². The maximum Gasteiger partial charge on any atom is 0.290 e. The SMILES string of the molecule is CC(C)CCn1cccc1CN[C@H]1CCCN(c2ncc[nH]c2=O)C1. The van der Waals surface area contributed by atoms with Crippen molar-refractivity contribution in [3.63, 3.8) is 0 Å². The first-order valence-corrected chi connectivity index (χ1v) is 9.29. The van der Waals surface area contributed by atoms with Crippen LogP contribution in [0.25, 0.3) is 0 Å². The van der Waals surface area contributed by atoms with Gasteiger partial charge < -0.3 is 19.8 Å². The van der Waals surface area contributed by atoms with Crippen LogP contribution in [0.15, 0.2) is 35.5 Å². The number of anilines is 1. The number of H-pyrrole nitrogens is 1. The summed E-state index contributed by atoms with van der Waals surface area (Å²) in [7, 11) is 0. The van der Waals surface area contributed by atoms with Gasteiger partial charge in [-0.2, -0.15) is 0 Å². The highest BCUT2D eigenvalue weighted by atomic mass is 16.1. The van der Waals surface area contributed by atoms with Crippen molar-refractivity contribution in [2.75, 3.05) is 18.0 Å². The predicted molar refractivity (Wildman–Crippen MR) is 101 cm³/mol. The first kappa shape index (κ1) is 17.7. The lowest BCUT2D eigenvalue weighted by Crippen LogP contribution is -2.47. The summed E-state index contributed by atoms with van der Waals surface area (Å²) in [5.41, 5.74) is 1.22. The average Bonchev–Trinajstić information content (AvgIpc) is 3.06. The summed E-state index contributed by atoms with van der Waals surface area (Å²) in [4.78, 5) is 21.0. The lowest BCUT2D eigenvalue weighted by atomic mass is 10.1. The second kappa shape index (κ2) is 8.34. The standard InChI is InChI=1S/C19H29N5O/c1-15(2)7-12-23-10-4-6-17(23)13-22-16-5-3-11-24(14-16)18-19(25)21-9-8-20-18/h4,6,8-10,15-16,22H,3,5,7,11-14H2,1-2H3,(H,21,25)/t16-/m0/s1. The number of hydrogen-bond donors (Lipinski definition) is 2. The largest absolute Gasteiger partial charge is 0.350 e. The summed E-state index contributed by atoms with van der Waals surface area (Å²) < 4.78 is 2.34. The first-order chi connectivity index (χ1) is 12.1. The van der Waals surface area contributed by atoms with E-state index in [0.29, 0.717) is 17.8 Å². The first-order valence-electron chi connectivity index (χ1n) is 9.29. The van der Waals surface area contributed by atoms with E-state index in [1.165, 1.54) is 12.1 Å². The van der Waals surface area contributed by atoms with Gasteiger partial charge >= 0.3 is 0 Å². The van der Waals surface area contributed by atoms with E-state index in [4.69, 9.17) is 0 Å². The van der Waals surface area contributed by atoms with Crippen LogP contribution < -0.4 is 15.8 Å². The van der Waals surface area contributed by atoms with Crippen molar-refractivity contribution in [1.29, 1.82) is 0 Å². The molecule has 0 saturated carbocycles. The number of rotatable bonds is 7. The molecule has 0 bridgehead atoms. The van der Waals surface area contributed by atoms with Crippen LogP contribution in [0.2, 0.25) is 0 Å². The number of piperidine rings is 1. The van der Waals surface area contributed by atoms with E-state index >= 15 is 0 Å². The number of nitrogens with one attached hydrogen (secondary N) is 2. The molecule has 2 aromatic heterocycles. The van der Waals surface area contributed by atoms with Gasteiger partial charge in [0.25, 0.3) is 5.56 Å². The Balaban J connectivity index is 1.56. The molecule has 0 amide bonds. The third-order valence-corrected chi connectivity index (χ3v) is 4.85. The molecule has 2 N–H and O–H groups in total. The van der Waals surface area contributed by atoms with Crippen LogP contribution in [0.3, 0.4) is 0 Å². The van der Waals surface area contributed by atoms with Gasteiger partial charge in [0.2, 0.25) is 0 Å². The van der Waals surface area contributed by atoms with Crippen LogP contribution in [-0.4, -0.2) is 33.7 Å². The van der Waals surface area contributed by atoms with Crippen LogP contribution in [0.4, 0.5) is 5.82 Å². The summed E-state index contributed by atoms with van der Waals surface area (Å²) in [5, 5.41) is 3.67. The lowest BCUT2D eigenvalue weighted by molar-refractivity contribution is 0.411. The molecule has 0 aliphatic carbocycles. The second-order valence-electron chi connectivity index (χ2n) is 7.28. The molecule has 1 aliphatic heterocycles. The van der Waals surface area contributed by atoms with Crippen LogP contribution in [0.5, 0.6) is 0 Å². The molecular weight excluding hydrogens is 314 g/mol. The number of aryl methyl sites for hydroxylation is 1. The molecule has 136 valence electrons. The molecule has 0 aromatic carbocycles. The molecule has 6 nitrogen and oxygen atoms in total. The third-order valence-electron chi connectivity index (χ3n) is 4.85. The van der Waals surface area contributed by atoms with E-state index in [2.05, 4.69) is 56.9 Å². The molecule has 0 unspecified atom stereocenters. The quantitative estimate of drug-likeness (QED) is 0.810. The van der Waals surface area contributed by atoms with Gasteiger partial charge in [-0.05, 0) is 37.3 Å². The minimum absolute atomic E-state index is 0.106. The van der Waals surface area contributed by atoms with Crippen molar-refractivity contribution in [2.45, 2.75) is 52.2 Å². The van der Waals surface area contributed by atoms with Gasteiger partial charge in [0.1, 0.15) is 0 Å². The van der Waals surface area contributed by atoms with E-state index in [1.54, 1.807) is 12.4 Å². The molecule has 1 atom stereocenters. The topological polar surface area (TPSA) is 66.0 Å². The fraction of sp³-hybridized carbons (Fsp3) is 0.579. The Morgan fingerprint density at radius 2 is 2.32 bits per heavy atom. The molecule has 1 fully saturated rings. The van der Waals surface area contributed by atoms with Gasteiger partial charge in [0.15, 0.2) is 5.82 Å². The zero-order valence-electron chi connectivity index (χ0n) is 15.2. The summed E-state index contributed by atoms with van der Waals surface area (Å²) >= 11 is 0. The molecular formula is C19H29N5O. The van der Waals surface area contributed by atoms with Gasteiger partial charge in [-0.3, -0.25) is 4.79 Å². The Bertz CT molecular complexity index is 720. The van der Waals surface area contributed by atoms with Crippen molar-refractivity contribution in [3.05, 3.63) is 46.8 Å². The summed E-state index contributed by atoms with van der Waals surface area (Å²) in [5.74, 6) is 1.25. The van der Waals surface area contributed by atoms with Crippen molar-refractivity contribution in [2.24, 2.45) is 5.92 Å². The van der Waals surface area contributed by atoms with E-state index in [1.807, 2.05) is 0 Å². The molecule has 3 heterocycles. The highest BCUT2D eigenvalue weighted by molar-refractivity contribution is 5.36. The molecule has 6 heteroatoms. The van der Waals surface area contributed by atoms with Crippen molar-refractivity contribution in [1.82, 2.24) is 19.9 Å². The second-order valence-corrected chi connectivity index (χ2v) is 7.28. The Hall–Kier alpha value is -2.08. The van der Waals surface area contributed by atoms with E-state index in [0.717, 1.165) is 39.0 Å². The highest BCUT2D eigenvalue weighted by Gasteiger charge is 2.22. The molecule has 0 radical (unpaired) electrons. The van der Waals surface area contributed by atoms with Gasteiger partial charge in [-0.25, -0.2) is 4.98 Å². The fourth-order valence-corrected chi connectivity index (χ4v) is 3.38. The van der Waals surface area contributed by atoms with Crippen LogP contribution in [0, 0.1) is 5.92 Å². The number of aromatic amines is 1. The van der Waals surface area contributed by atoms with Gasteiger partial charge in [0.05, 0.1) is 0 Å². The van der Waals surface area contributed by atoms with E-state index in [9.17, 15) is 4.79 Å². The normalized spacial score (nSPS) is 18.0. The third kappa shape index (κ3) is 4.72. The fourth-order valence-electron chi connectivity index (χ4n) is 3.38. The molecule has 3 rings (SSSR count). The number of aromatic nitrogens is 3. The van der Waals surface area contributed by atoms with Crippen LogP contribution >= 0.6 is 0 Å². The average molecular weight is 343 g/mol. The molecule has 2 aromatic rings. The van der Waals surface area contributed by atoms with Gasteiger partial charge in [0, 0.05) is 56.5 Å². The van der Waals surface area contributed by atoms with E-state index < -0.39 is 0 Å². The predicted octanol–water partition coefficient (Wildman–Crippen LogP) is 2.38. The van der Waals surface area contributed by atoms with Crippen molar-refractivity contribution < 1.29 is 0 Å². The molecule has 1 aliphatic rings. The summed E-state index contributed by atoms with van der Waals surface area (Å²) in [6.07, 6.45) is 8.80. The monoisotopic (exact) mass is 343 g/mol. The minimum Gasteiger partial charge on any atom is -0.350 e. The molecule has 0 spiro atoms. The molecule has 25 heavy (non-hydrogen) atoms. The maximum absolute atomic E-state index is 12.0. The van der Waals surface area contributed by atoms with Crippen LogP contribution in [0.1, 0.15) is 38.8 Å². The lowest BCUT2D eigenvalue weighted by Gasteiger charge is -2.33. The summed E-state index contributed by atoms with van der Waals surface area (Å²) in [6, 6.07) is 4.69. The molecule has 1 saturated heterocycles. The van der Waals surface area contributed by atoms with Crippen LogP contribution in [-0.2, 0) is 13.1 Å². The Kier molecular flexibility index (Phi) is 5.91. The summed E-state index contributed by atoms with van der Waals surface area (Å²) in [6.45, 7) is 8.18. The zero-order valence-corrected chi connectivity index (χ0v) is 15.2. The Labute approximate surface area is 149 Å². The zero-order chi connectivity index (χ0) is 17.6. The Morgan fingerprint density at radius 3 is 3.12 bits per heavy atom. The number of nitrogens with zero attached hydrogens (tertiary/aromatic N) is 3. The Morgan fingerprint density at radius 1 is 1.44 bits per heavy atom. The van der Waals surface area contributed by atoms with Crippen molar-refractivity contribution >= 4 is 5.82 Å². The van der Waals surface area contributed by atoms with Gasteiger partial charge in [-0.1, -0.05) is 13.8 Å². The minimum atomic E-state index is -0.106. The van der Waals surface area contributed by atoms with Gasteiger partial charge in [-0.15, -0.1) is 0 Å². The maximum atomic E-state index is 12.0. The number of hydrogen-bond acceptors (Lipinski definition) is 4. The van der Waals surface area contributed by atoms with Crippen molar-refractivity contribution in [3.8, 4) is 0 Å².